The molecule has 2 aromatic rings. The van der Waals surface area contributed by atoms with Crippen LogP contribution in [0.25, 0.3) is 0 Å². The van der Waals surface area contributed by atoms with E-state index in [4.69, 9.17) is 9.47 Å². The van der Waals surface area contributed by atoms with Gasteiger partial charge in [0.05, 0.1) is 7.11 Å². The van der Waals surface area contributed by atoms with Gasteiger partial charge in [-0.15, -0.1) is 0 Å². The minimum atomic E-state index is -0.401. The number of hydrogen-bond acceptors (Lipinski definition) is 3. The number of benzene rings is 2. The molecule has 0 aromatic heterocycles. The summed E-state index contributed by atoms with van der Waals surface area (Å²) in [5.74, 6) is 0.100. The molecule has 0 saturated heterocycles. The maximum Gasteiger partial charge on any atom is 0.342 e. The zero-order valence-electron chi connectivity index (χ0n) is 10.4. The van der Waals surface area contributed by atoms with Crippen LogP contribution in [0.1, 0.15) is 15.9 Å². The first kappa shape index (κ1) is 13.6. The minimum Gasteiger partial charge on any atom is -0.496 e. The molecule has 0 saturated carbocycles. The van der Waals surface area contributed by atoms with Crippen molar-refractivity contribution in [3.63, 3.8) is 0 Å². The van der Waals surface area contributed by atoms with E-state index in [1.165, 1.54) is 7.11 Å². The number of methoxy groups -OCH3 is 1. The van der Waals surface area contributed by atoms with Crippen LogP contribution in [0.3, 0.4) is 0 Å². The molecule has 0 heterocycles. The van der Waals surface area contributed by atoms with Gasteiger partial charge in [-0.25, -0.2) is 4.79 Å². The number of hydrogen-bond donors (Lipinski definition) is 0. The van der Waals surface area contributed by atoms with Gasteiger partial charge in [-0.3, -0.25) is 0 Å². The van der Waals surface area contributed by atoms with Crippen LogP contribution in [0.5, 0.6) is 5.75 Å². The normalized spacial score (nSPS) is 10.0. The maximum atomic E-state index is 12.0. The van der Waals surface area contributed by atoms with E-state index in [1.54, 1.807) is 12.1 Å². The molecule has 2 rings (SSSR count). The molecule has 0 radical (unpaired) electrons. The predicted octanol–water partition coefficient (Wildman–Crippen LogP) is 3.81. The Bertz CT molecular complexity index is 567. The molecule has 0 bridgehead atoms. The Balaban J connectivity index is 2.10. The lowest BCUT2D eigenvalue weighted by atomic mass is 10.2. The fraction of sp³-hybridized carbons (Fsp3) is 0.133. The number of halogens is 1. The highest BCUT2D eigenvalue weighted by molar-refractivity contribution is 9.10. The van der Waals surface area contributed by atoms with Crippen molar-refractivity contribution in [2.24, 2.45) is 0 Å². The molecule has 0 spiro atoms. The highest BCUT2D eigenvalue weighted by Crippen LogP contribution is 2.24. The van der Waals surface area contributed by atoms with Crippen LogP contribution in [0.2, 0.25) is 0 Å². The van der Waals surface area contributed by atoms with Gasteiger partial charge in [0.1, 0.15) is 17.9 Å². The molecule has 0 N–H and O–H groups in total. The lowest BCUT2D eigenvalue weighted by molar-refractivity contribution is 0.0469. The number of esters is 1. The average molecular weight is 321 g/mol. The lowest BCUT2D eigenvalue weighted by Crippen LogP contribution is -2.07. The van der Waals surface area contributed by atoms with E-state index in [0.717, 1.165) is 10.0 Å². The summed E-state index contributed by atoms with van der Waals surface area (Å²) in [5, 5.41) is 0. The van der Waals surface area contributed by atoms with Crippen molar-refractivity contribution in [2.45, 2.75) is 6.61 Å². The molecular weight excluding hydrogens is 308 g/mol. The Morgan fingerprint density at radius 2 is 1.89 bits per heavy atom. The zero-order chi connectivity index (χ0) is 13.7. The Morgan fingerprint density at radius 1 is 1.16 bits per heavy atom. The Kier molecular flexibility index (Phi) is 4.58. The van der Waals surface area contributed by atoms with Crippen LogP contribution in [0.4, 0.5) is 0 Å². The van der Waals surface area contributed by atoms with E-state index in [-0.39, 0.29) is 6.61 Å². The molecule has 0 atom stereocenters. The van der Waals surface area contributed by atoms with Gasteiger partial charge in [-0.1, -0.05) is 46.3 Å². The summed E-state index contributed by atoms with van der Waals surface area (Å²) in [4.78, 5) is 12.0. The van der Waals surface area contributed by atoms with Gasteiger partial charge in [-0.2, -0.15) is 0 Å². The number of carbonyl (C=O) groups excluding carboxylic acids is 1. The Hall–Kier alpha value is -1.81. The summed E-state index contributed by atoms with van der Waals surface area (Å²) in [6.45, 7) is 0.245. The average Bonchev–Trinajstić information content (AvgIpc) is 2.46. The largest absolute Gasteiger partial charge is 0.496 e. The van der Waals surface area contributed by atoms with Crippen molar-refractivity contribution in [3.05, 3.63) is 64.1 Å². The number of carbonyl (C=O) groups is 1. The standard InChI is InChI=1S/C15H13BrO3/c1-18-14-8-7-12(16)9-13(14)15(17)19-10-11-5-3-2-4-6-11/h2-9H,10H2,1H3. The molecule has 0 aliphatic heterocycles. The van der Waals surface area contributed by atoms with Gasteiger partial charge < -0.3 is 9.47 Å². The van der Waals surface area contributed by atoms with Crippen molar-refractivity contribution in [2.75, 3.05) is 7.11 Å². The van der Waals surface area contributed by atoms with Crippen LogP contribution < -0.4 is 4.74 Å². The molecule has 0 unspecified atom stereocenters. The molecular formula is C15H13BrO3. The van der Waals surface area contributed by atoms with Crippen molar-refractivity contribution in [1.82, 2.24) is 0 Å². The molecule has 3 nitrogen and oxygen atoms in total. The smallest absolute Gasteiger partial charge is 0.342 e. The third-order valence-corrected chi connectivity index (χ3v) is 3.09. The van der Waals surface area contributed by atoms with Crippen molar-refractivity contribution in [3.8, 4) is 5.75 Å². The maximum absolute atomic E-state index is 12.0. The van der Waals surface area contributed by atoms with Gasteiger partial charge in [-0.05, 0) is 23.8 Å². The van der Waals surface area contributed by atoms with Crippen LogP contribution >= 0.6 is 15.9 Å². The number of ether oxygens (including phenoxy) is 2. The SMILES string of the molecule is COc1ccc(Br)cc1C(=O)OCc1ccccc1. The summed E-state index contributed by atoms with van der Waals surface area (Å²) >= 11 is 3.33. The molecule has 2 aromatic carbocycles. The quantitative estimate of drug-likeness (QED) is 0.803. The highest BCUT2D eigenvalue weighted by atomic mass is 79.9. The fourth-order valence-corrected chi connectivity index (χ4v) is 2.00. The van der Waals surface area contributed by atoms with Crippen LogP contribution in [0, 0.1) is 0 Å². The van der Waals surface area contributed by atoms with E-state index in [2.05, 4.69) is 15.9 Å². The van der Waals surface area contributed by atoms with Crippen molar-refractivity contribution >= 4 is 21.9 Å². The first-order chi connectivity index (χ1) is 9.20. The van der Waals surface area contributed by atoms with Crippen LogP contribution in [-0.4, -0.2) is 13.1 Å². The van der Waals surface area contributed by atoms with Gasteiger partial charge in [0, 0.05) is 4.47 Å². The molecule has 0 aliphatic carbocycles. The minimum absolute atomic E-state index is 0.245. The second-order valence-corrected chi connectivity index (χ2v) is 4.82. The van der Waals surface area contributed by atoms with E-state index in [1.807, 2.05) is 36.4 Å². The Morgan fingerprint density at radius 3 is 2.58 bits per heavy atom. The first-order valence-electron chi connectivity index (χ1n) is 5.75. The van der Waals surface area contributed by atoms with E-state index in [0.29, 0.717) is 11.3 Å². The summed E-state index contributed by atoms with van der Waals surface area (Å²) < 4.78 is 11.2. The molecule has 0 fully saturated rings. The van der Waals surface area contributed by atoms with Crippen LogP contribution in [-0.2, 0) is 11.3 Å². The lowest BCUT2D eigenvalue weighted by Gasteiger charge is -2.09. The first-order valence-corrected chi connectivity index (χ1v) is 6.54. The third-order valence-electron chi connectivity index (χ3n) is 2.59. The summed E-state index contributed by atoms with van der Waals surface area (Å²) in [5.41, 5.74) is 1.36. The van der Waals surface area contributed by atoms with Crippen LogP contribution in [0.15, 0.2) is 53.0 Å². The monoisotopic (exact) mass is 320 g/mol. The van der Waals surface area contributed by atoms with Gasteiger partial charge >= 0.3 is 5.97 Å². The van der Waals surface area contributed by atoms with E-state index in [9.17, 15) is 4.79 Å². The van der Waals surface area contributed by atoms with Gasteiger partial charge in [0.25, 0.3) is 0 Å². The zero-order valence-corrected chi connectivity index (χ0v) is 12.0. The molecule has 19 heavy (non-hydrogen) atoms. The molecule has 4 heteroatoms. The number of rotatable bonds is 4. The van der Waals surface area contributed by atoms with Gasteiger partial charge in [0.15, 0.2) is 0 Å². The van der Waals surface area contributed by atoms with E-state index >= 15 is 0 Å². The summed E-state index contributed by atoms with van der Waals surface area (Å²) in [7, 11) is 1.53. The third kappa shape index (κ3) is 3.58. The van der Waals surface area contributed by atoms with Gasteiger partial charge in [0.2, 0.25) is 0 Å². The molecule has 98 valence electrons. The summed E-state index contributed by atoms with van der Waals surface area (Å²) in [6, 6.07) is 14.8. The highest BCUT2D eigenvalue weighted by Gasteiger charge is 2.14. The second-order valence-electron chi connectivity index (χ2n) is 3.91. The second kappa shape index (κ2) is 6.38. The van der Waals surface area contributed by atoms with Crippen molar-refractivity contribution in [1.29, 1.82) is 0 Å². The predicted molar refractivity (Wildman–Crippen MR) is 76.3 cm³/mol. The summed E-state index contributed by atoms with van der Waals surface area (Å²) in [6.07, 6.45) is 0. The Labute approximate surface area is 120 Å². The van der Waals surface area contributed by atoms with Crippen molar-refractivity contribution < 1.29 is 14.3 Å². The topological polar surface area (TPSA) is 35.5 Å². The molecule has 0 aliphatic rings. The van der Waals surface area contributed by atoms with E-state index < -0.39 is 5.97 Å². The molecule has 0 amide bonds. The fourth-order valence-electron chi connectivity index (χ4n) is 1.64.